The first-order chi connectivity index (χ1) is 12.0. The highest BCUT2D eigenvalue weighted by atomic mass is 16.5. The number of methoxy groups -OCH3 is 1. The molecule has 0 unspecified atom stereocenters. The van der Waals surface area contributed by atoms with Crippen molar-refractivity contribution in [3.8, 4) is 5.75 Å². The number of hydrogen-bond donors (Lipinski definition) is 0. The minimum Gasteiger partial charge on any atom is -0.545 e. The average molecular weight is 335 g/mol. The fraction of sp³-hybridized carbons (Fsp3) is 0.105. The van der Waals surface area contributed by atoms with Crippen LogP contribution in [0, 0.1) is 0 Å². The Labute approximate surface area is 144 Å². The number of nitrogens with zero attached hydrogens (tertiary/aromatic N) is 2. The van der Waals surface area contributed by atoms with Crippen LogP contribution in [-0.4, -0.2) is 24.7 Å². The molecule has 0 fully saturated rings. The molecule has 0 aliphatic carbocycles. The number of hydrazone groups is 1. The van der Waals surface area contributed by atoms with Crippen LogP contribution < -0.4 is 14.9 Å². The largest absolute Gasteiger partial charge is 0.545 e. The molecule has 0 bridgehead atoms. The van der Waals surface area contributed by atoms with Crippen molar-refractivity contribution >= 4 is 29.4 Å². The van der Waals surface area contributed by atoms with E-state index in [0.29, 0.717) is 17.0 Å². The number of carboxylic acids is 1. The second kappa shape index (κ2) is 6.60. The van der Waals surface area contributed by atoms with Crippen LogP contribution in [0.1, 0.15) is 22.8 Å². The molecule has 6 nitrogen and oxygen atoms in total. The number of carbonyl (C=O) groups is 2. The predicted molar refractivity (Wildman–Crippen MR) is 92.3 cm³/mol. The SMILES string of the molecule is COc1ccc(C=C2C(=O)N(c3ccc(C(=O)[O-])cc3)N=C2C)cc1. The van der Waals surface area contributed by atoms with E-state index in [2.05, 4.69) is 5.10 Å². The van der Waals surface area contributed by atoms with Gasteiger partial charge >= 0.3 is 0 Å². The van der Waals surface area contributed by atoms with Gasteiger partial charge in [0.05, 0.1) is 30.1 Å². The number of carboxylic acid groups (broad SMARTS) is 1. The lowest BCUT2D eigenvalue weighted by atomic mass is 10.1. The molecule has 0 saturated carbocycles. The first-order valence-electron chi connectivity index (χ1n) is 7.57. The van der Waals surface area contributed by atoms with Gasteiger partial charge in [0, 0.05) is 0 Å². The molecule has 126 valence electrons. The maximum atomic E-state index is 12.7. The Balaban J connectivity index is 1.87. The maximum absolute atomic E-state index is 12.7. The van der Waals surface area contributed by atoms with E-state index in [1.54, 1.807) is 20.1 Å². The van der Waals surface area contributed by atoms with E-state index in [1.807, 2.05) is 24.3 Å². The Morgan fingerprint density at radius 2 is 1.76 bits per heavy atom. The summed E-state index contributed by atoms with van der Waals surface area (Å²) in [6.45, 7) is 1.75. The van der Waals surface area contributed by atoms with E-state index in [0.717, 1.165) is 11.3 Å². The molecule has 1 aliphatic heterocycles. The molecule has 0 saturated heterocycles. The van der Waals surface area contributed by atoms with Crippen LogP contribution in [0.25, 0.3) is 6.08 Å². The Kier molecular flexibility index (Phi) is 4.35. The third-order valence-electron chi connectivity index (χ3n) is 3.84. The highest BCUT2D eigenvalue weighted by molar-refractivity contribution is 6.32. The molecule has 2 aromatic carbocycles. The fourth-order valence-corrected chi connectivity index (χ4v) is 2.46. The molecule has 0 N–H and O–H groups in total. The van der Waals surface area contributed by atoms with Crippen molar-refractivity contribution in [3.05, 3.63) is 65.2 Å². The van der Waals surface area contributed by atoms with Gasteiger partial charge in [0.25, 0.3) is 5.91 Å². The molecular formula is C19H15N2O4-. The number of ether oxygens (including phenoxy) is 1. The minimum absolute atomic E-state index is 0.0464. The summed E-state index contributed by atoms with van der Waals surface area (Å²) in [5.41, 5.74) is 2.46. The maximum Gasteiger partial charge on any atom is 0.280 e. The third-order valence-corrected chi connectivity index (χ3v) is 3.84. The van der Waals surface area contributed by atoms with Crippen molar-refractivity contribution in [2.75, 3.05) is 12.1 Å². The second-order valence-electron chi connectivity index (χ2n) is 5.47. The van der Waals surface area contributed by atoms with Gasteiger partial charge < -0.3 is 14.6 Å². The van der Waals surface area contributed by atoms with Gasteiger partial charge in [0.1, 0.15) is 5.75 Å². The molecule has 6 heteroatoms. The molecule has 0 aromatic heterocycles. The van der Waals surface area contributed by atoms with Crippen LogP contribution in [0.4, 0.5) is 5.69 Å². The molecular weight excluding hydrogens is 320 g/mol. The summed E-state index contributed by atoms with van der Waals surface area (Å²) in [6.07, 6.45) is 1.76. The van der Waals surface area contributed by atoms with Crippen LogP contribution in [0.5, 0.6) is 5.75 Å². The van der Waals surface area contributed by atoms with Crippen LogP contribution in [0.15, 0.2) is 59.2 Å². The monoisotopic (exact) mass is 335 g/mol. The highest BCUT2D eigenvalue weighted by Crippen LogP contribution is 2.25. The first-order valence-corrected chi connectivity index (χ1v) is 7.57. The number of rotatable bonds is 4. The second-order valence-corrected chi connectivity index (χ2v) is 5.47. The van der Waals surface area contributed by atoms with Crippen LogP contribution >= 0.6 is 0 Å². The molecule has 0 spiro atoms. The number of aromatic carboxylic acids is 1. The number of amides is 1. The van der Waals surface area contributed by atoms with Crippen molar-refractivity contribution in [2.45, 2.75) is 6.92 Å². The van der Waals surface area contributed by atoms with E-state index < -0.39 is 5.97 Å². The smallest absolute Gasteiger partial charge is 0.280 e. The van der Waals surface area contributed by atoms with Gasteiger partial charge in [-0.1, -0.05) is 24.3 Å². The molecule has 0 radical (unpaired) electrons. The van der Waals surface area contributed by atoms with Crippen molar-refractivity contribution in [2.24, 2.45) is 5.10 Å². The summed E-state index contributed by atoms with van der Waals surface area (Å²) in [6, 6.07) is 13.1. The number of benzene rings is 2. The zero-order valence-corrected chi connectivity index (χ0v) is 13.7. The van der Waals surface area contributed by atoms with Crippen LogP contribution in [-0.2, 0) is 4.79 Å². The van der Waals surface area contributed by atoms with Gasteiger partial charge in [0.15, 0.2) is 0 Å². The van der Waals surface area contributed by atoms with Crippen molar-refractivity contribution in [1.29, 1.82) is 0 Å². The Bertz CT molecular complexity index is 881. The third kappa shape index (κ3) is 3.28. The molecule has 2 aromatic rings. The molecule has 0 atom stereocenters. The van der Waals surface area contributed by atoms with Crippen molar-refractivity contribution in [3.63, 3.8) is 0 Å². The molecule has 25 heavy (non-hydrogen) atoms. The van der Waals surface area contributed by atoms with E-state index >= 15 is 0 Å². The quantitative estimate of drug-likeness (QED) is 0.799. The normalized spacial score (nSPS) is 15.4. The summed E-state index contributed by atoms with van der Waals surface area (Å²) >= 11 is 0. The summed E-state index contributed by atoms with van der Waals surface area (Å²) < 4.78 is 5.12. The van der Waals surface area contributed by atoms with Gasteiger partial charge in [-0.2, -0.15) is 10.1 Å². The summed E-state index contributed by atoms with van der Waals surface area (Å²) in [4.78, 5) is 23.5. The minimum atomic E-state index is -1.26. The standard InChI is InChI=1S/C19H16N2O4/c1-12-17(11-13-3-9-16(25-2)10-4-13)18(22)21(20-12)15-7-5-14(6-8-15)19(23)24/h3-11H,1-2H3,(H,23,24)/p-1. The van der Waals surface area contributed by atoms with E-state index in [9.17, 15) is 14.7 Å². The molecule has 3 rings (SSSR count). The van der Waals surface area contributed by atoms with E-state index in [4.69, 9.17) is 4.74 Å². The fourth-order valence-electron chi connectivity index (χ4n) is 2.46. The molecule has 1 amide bonds. The molecule has 1 aliphatic rings. The average Bonchev–Trinajstić information content (AvgIpc) is 2.90. The van der Waals surface area contributed by atoms with Crippen LogP contribution in [0.3, 0.4) is 0 Å². The predicted octanol–water partition coefficient (Wildman–Crippen LogP) is 1.86. The summed E-state index contributed by atoms with van der Waals surface area (Å²) in [5.74, 6) is -0.798. The zero-order valence-electron chi connectivity index (χ0n) is 13.7. The number of carbonyl (C=O) groups excluding carboxylic acids is 2. The van der Waals surface area contributed by atoms with Gasteiger partial charge in [-0.25, -0.2) is 0 Å². The topological polar surface area (TPSA) is 82.0 Å². The lowest BCUT2D eigenvalue weighted by molar-refractivity contribution is -0.255. The zero-order chi connectivity index (χ0) is 18.0. The van der Waals surface area contributed by atoms with E-state index in [1.165, 1.54) is 29.3 Å². The van der Waals surface area contributed by atoms with Crippen molar-refractivity contribution < 1.29 is 19.4 Å². The van der Waals surface area contributed by atoms with Gasteiger partial charge in [-0.05, 0) is 48.4 Å². The summed E-state index contributed by atoms with van der Waals surface area (Å²) in [7, 11) is 1.59. The Hall–Kier alpha value is -3.41. The first kappa shape index (κ1) is 16.4. The Morgan fingerprint density at radius 1 is 1.12 bits per heavy atom. The van der Waals surface area contributed by atoms with Crippen molar-refractivity contribution in [1.82, 2.24) is 0 Å². The lowest BCUT2D eigenvalue weighted by Crippen LogP contribution is -2.23. The van der Waals surface area contributed by atoms with Crippen LogP contribution in [0.2, 0.25) is 0 Å². The van der Waals surface area contributed by atoms with Gasteiger partial charge in [0.2, 0.25) is 0 Å². The number of hydrogen-bond acceptors (Lipinski definition) is 5. The highest BCUT2D eigenvalue weighted by Gasteiger charge is 2.28. The number of anilines is 1. The van der Waals surface area contributed by atoms with Gasteiger partial charge in [-0.15, -0.1) is 0 Å². The lowest BCUT2D eigenvalue weighted by Gasteiger charge is -2.12. The summed E-state index contributed by atoms with van der Waals surface area (Å²) in [5, 5.41) is 16.3. The Morgan fingerprint density at radius 3 is 2.32 bits per heavy atom. The molecule has 1 heterocycles. The van der Waals surface area contributed by atoms with Gasteiger partial charge in [-0.3, -0.25) is 4.79 Å². The van der Waals surface area contributed by atoms with E-state index in [-0.39, 0.29) is 11.5 Å².